The van der Waals surface area contributed by atoms with E-state index in [1.807, 2.05) is 31.2 Å². The molecule has 0 radical (unpaired) electrons. The first kappa shape index (κ1) is 21.5. The van der Waals surface area contributed by atoms with Crippen molar-refractivity contribution < 1.29 is 4.39 Å². The summed E-state index contributed by atoms with van der Waals surface area (Å²) in [4.78, 5) is 21.5. The molecule has 0 atom stereocenters. The lowest BCUT2D eigenvalue weighted by Crippen LogP contribution is -2.25. The van der Waals surface area contributed by atoms with Gasteiger partial charge < -0.3 is 5.73 Å². The molecule has 0 spiro atoms. The SMILES string of the molecule is C=Nc1c(C(N)=NC)c(Cl)nn1Cc1cc2cccc(C)c2c(=O)n1-c1ccccc1F. The van der Waals surface area contributed by atoms with Crippen molar-refractivity contribution in [1.82, 2.24) is 14.3 Å². The van der Waals surface area contributed by atoms with Crippen molar-refractivity contribution in [2.75, 3.05) is 7.05 Å². The minimum Gasteiger partial charge on any atom is -0.383 e. The number of hydrogen-bond acceptors (Lipinski definition) is 4. The minimum absolute atomic E-state index is 0.0680. The van der Waals surface area contributed by atoms with Gasteiger partial charge in [-0.1, -0.05) is 41.9 Å². The molecule has 0 saturated heterocycles. The number of amidine groups is 1. The summed E-state index contributed by atoms with van der Waals surface area (Å²) in [6.45, 7) is 5.51. The molecule has 0 unspecified atom stereocenters. The number of rotatable bonds is 5. The highest BCUT2D eigenvalue weighted by molar-refractivity contribution is 6.33. The molecule has 4 rings (SSSR count). The molecular weight excluding hydrogens is 431 g/mol. The monoisotopic (exact) mass is 450 g/mol. The van der Waals surface area contributed by atoms with E-state index in [1.165, 1.54) is 22.4 Å². The molecule has 0 aliphatic rings. The number of aliphatic imine (C=N–C) groups is 2. The van der Waals surface area contributed by atoms with E-state index < -0.39 is 5.82 Å². The van der Waals surface area contributed by atoms with Gasteiger partial charge >= 0.3 is 0 Å². The van der Waals surface area contributed by atoms with Gasteiger partial charge in [0.2, 0.25) is 0 Å². The van der Waals surface area contributed by atoms with Crippen molar-refractivity contribution in [2.24, 2.45) is 15.7 Å². The quantitative estimate of drug-likeness (QED) is 0.368. The summed E-state index contributed by atoms with van der Waals surface area (Å²) in [5.41, 5.74) is 7.39. The van der Waals surface area contributed by atoms with E-state index in [4.69, 9.17) is 17.3 Å². The first-order valence-electron chi connectivity index (χ1n) is 9.72. The van der Waals surface area contributed by atoms with Gasteiger partial charge in [-0.05, 0) is 42.8 Å². The Balaban J connectivity index is 2.02. The summed E-state index contributed by atoms with van der Waals surface area (Å²) < 4.78 is 17.6. The number of benzene rings is 2. The summed E-state index contributed by atoms with van der Waals surface area (Å²) in [5, 5.41) is 5.66. The van der Waals surface area contributed by atoms with Gasteiger partial charge in [-0.25, -0.2) is 14.1 Å². The fourth-order valence-corrected chi connectivity index (χ4v) is 4.06. The number of pyridine rings is 1. The molecule has 7 nitrogen and oxygen atoms in total. The smallest absolute Gasteiger partial charge is 0.263 e. The minimum atomic E-state index is -0.521. The van der Waals surface area contributed by atoms with Crippen LogP contribution in [0.1, 0.15) is 16.8 Å². The van der Waals surface area contributed by atoms with Crippen LogP contribution in [-0.2, 0) is 6.54 Å². The summed E-state index contributed by atoms with van der Waals surface area (Å²) in [6, 6.07) is 13.5. The number of aromatic nitrogens is 3. The molecule has 32 heavy (non-hydrogen) atoms. The summed E-state index contributed by atoms with van der Waals surface area (Å²) >= 11 is 6.29. The maximum Gasteiger partial charge on any atom is 0.263 e. The van der Waals surface area contributed by atoms with Gasteiger partial charge in [0.25, 0.3) is 5.56 Å². The number of fused-ring (bicyclic) bond motifs is 1. The average molecular weight is 451 g/mol. The highest BCUT2D eigenvalue weighted by Crippen LogP contribution is 2.28. The van der Waals surface area contributed by atoms with E-state index in [2.05, 4.69) is 21.8 Å². The first-order chi connectivity index (χ1) is 15.4. The molecule has 2 N–H and O–H groups in total. The van der Waals surface area contributed by atoms with E-state index in [1.54, 1.807) is 18.2 Å². The highest BCUT2D eigenvalue weighted by Gasteiger charge is 2.21. The number of nitrogens with zero attached hydrogens (tertiary/aromatic N) is 5. The Bertz CT molecular complexity index is 1450. The van der Waals surface area contributed by atoms with E-state index in [9.17, 15) is 9.18 Å². The van der Waals surface area contributed by atoms with Gasteiger partial charge in [-0.15, -0.1) is 0 Å². The van der Waals surface area contributed by atoms with Crippen LogP contribution < -0.4 is 11.3 Å². The molecule has 9 heteroatoms. The van der Waals surface area contributed by atoms with Gasteiger partial charge in [0.1, 0.15) is 11.7 Å². The summed E-state index contributed by atoms with van der Waals surface area (Å²) in [5.74, 6) is -0.0633. The predicted molar refractivity (Wildman–Crippen MR) is 126 cm³/mol. The van der Waals surface area contributed by atoms with E-state index in [-0.39, 0.29) is 28.8 Å². The Morgan fingerprint density at radius 1 is 1.25 bits per heavy atom. The van der Waals surface area contributed by atoms with Crippen LogP contribution in [0.4, 0.5) is 10.2 Å². The second kappa shape index (κ2) is 8.39. The van der Waals surface area contributed by atoms with Crippen molar-refractivity contribution >= 4 is 40.7 Å². The van der Waals surface area contributed by atoms with Crippen molar-refractivity contribution in [2.45, 2.75) is 13.5 Å². The molecule has 0 fully saturated rings. The second-order valence-corrected chi connectivity index (χ2v) is 7.54. The average Bonchev–Trinajstić information content (AvgIpc) is 3.08. The van der Waals surface area contributed by atoms with Gasteiger partial charge in [0, 0.05) is 12.7 Å². The Hall–Kier alpha value is -3.78. The van der Waals surface area contributed by atoms with Crippen LogP contribution in [0.3, 0.4) is 0 Å². The number of aryl methyl sites for hydroxylation is 1. The van der Waals surface area contributed by atoms with Crippen LogP contribution in [0, 0.1) is 12.7 Å². The van der Waals surface area contributed by atoms with Crippen LogP contribution in [0.5, 0.6) is 0 Å². The Labute approximate surface area is 188 Å². The third kappa shape index (κ3) is 3.48. The molecule has 0 aliphatic carbocycles. The molecular formula is C23H20ClFN6O. The van der Waals surface area contributed by atoms with Crippen molar-refractivity contribution in [3.63, 3.8) is 0 Å². The van der Waals surface area contributed by atoms with E-state index in [0.29, 0.717) is 22.5 Å². The zero-order valence-corrected chi connectivity index (χ0v) is 18.3. The van der Waals surface area contributed by atoms with E-state index in [0.717, 1.165) is 10.9 Å². The number of para-hydroxylation sites is 1. The molecule has 4 aromatic rings. The standard InChI is InChI=1S/C23H20ClFN6O/c1-13-7-6-8-14-11-15(12-30-22(28-3)19(20(24)29-30)21(26)27-2)31(23(32)18(13)14)17-10-5-4-9-16(17)25/h4-11H,3,12H2,1-2H3,(H2,26,27). The molecule has 2 heterocycles. The van der Waals surface area contributed by atoms with Crippen molar-refractivity contribution in [3.05, 3.63) is 86.7 Å². The Morgan fingerprint density at radius 2 is 2.00 bits per heavy atom. The lowest BCUT2D eigenvalue weighted by molar-refractivity contribution is 0.605. The van der Waals surface area contributed by atoms with Gasteiger partial charge in [0.15, 0.2) is 11.0 Å². The van der Waals surface area contributed by atoms with Gasteiger partial charge in [0.05, 0.1) is 23.2 Å². The molecule has 0 bridgehead atoms. The Morgan fingerprint density at radius 3 is 2.69 bits per heavy atom. The first-order valence-corrected chi connectivity index (χ1v) is 10.1. The van der Waals surface area contributed by atoms with Crippen LogP contribution in [0.25, 0.3) is 16.5 Å². The number of halogens is 2. The zero-order valence-electron chi connectivity index (χ0n) is 17.5. The van der Waals surface area contributed by atoms with Crippen LogP contribution in [-0.4, -0.2) is 33.9 Å². The van der Waals surface area contributed by atoms with Crippen molar-refractivity contribution in [1.29, 1.82) is 0 Å². The third-order valence-corrected chi connectivity index (χ3v) is 5.53. The molecule has 0 amide bonds. The maximum absolute atomic E-state index is 14.8. The zero-order chi connectivity index (χ0) is 23.0. The van der Waals surface area contributed by atoms with Crippen LogP contribution in [0.2, 0.25) is 5.15 Å². The second-order valence-electron chi connectivity index (χ2n) is 7.18. The number of hydrogen-bond donors (Lipinski definition) is 1. The maximum atomic E-state index is 14.8. The summed E-state index contributed by atoms with van der Waals surface area (Å²) in [6.07, 6.45) is 0. The van der Waals surface area contributed by atoms with Crippen molar-refractivity contribution in [3.8, 4) is 5.69 Å². The largest absolute Gasteiger partial charge is 0.383 e. The predicted octanol–water partition coefficient (Wildman–Crippen LogP) is 4.00. The molecule has 0 aliphatic heterocycles. The van der Waals surface area contributed by atoms with Crippen LogP contribution in [0.15, 0.2) is 63.3 Å². The molecule has 2 aromatic carbocycles. The molecule has 162 valence electrons. The highest BCUT2D eigenvalue weighted by atomic mass is 35.5. The topological polar surface area (TPSA) is 90.6 Å². The fraction of sp³-hybridized carbons (Fsp3) is 0.130. The lowest BCUT2D eigenvalue weighted by atomic mass is 10.1. The molecule has 0 saturated carbocycles. The Kier molecular flexibility index (Phi) is 5.63. The van der Waals surface area contributed by atoms with Gasteiger partial charge in [-0.3, -0.25) is 14.4 Å². The normalized spacial score (nSPS) is 11.8. The fourth-order valence-electron chi connectivity index (χ4n) is 3.78. The van der Waals surface area contributed by atoms with E-state index >= 15 is 0 Å². The number of nitrogens with two attached hydrogens (primary N) is 1. The third-order valence-electron chi connectivity index (χ3n) is 5.27. The van der Waals surface area contributed by atoms with Crippen LogP contribution >= 0.6 is 11.6 Å². The molecule has 2 aromatic heterocycles. The summed E-state index contributed by atoms with van der Waals surface area (Å²) in [7, 11) is 1.53. The van der Waals surface area contributed by atoms with Gasteiger partial charge in [-0.2, -0.15) is 5.10 Å². The lowest BCUT2D eigenvalue weighted by Gasteiger charge is -2.17.